The van der Waals surface area contributed by atoms with Gasteiger partial charge in [0.1, 0.15) is 5.82 Å². The van der Waals surface area contributed by atoms with E-state index in [-0.39, 0.29) is 11.9 Å². The standard InChI is InChI=1S/C9H9BrFN/c10-7-4-6-5(3-8(7)11)1-2-9(6)12/h3-4,9H,1-2,12H2/t9-/m1/s1. The van der Waals surface area contributed by atoms with Crippen molar-refractivity contribution >= 4 is 15.9 Å². The minimum Gasteiger partial charge on any atom is -0.324 e. The van der Waals surface area contributed by atoms with Gasteiger partial charge in [0.15, 0.2) is 0 Å². The van der Waals surface area contributed by atoms with Gasteiger partial charge in [0, 0.05) is 6.04 Å². The highest BCUT2D eigenvalue weighted by atomic mass is 79.9. The summed E-state index contributed by atoms with van der Waals surface area (Å²) in [4.78, 5) is 0. The average Bonchev–Trinajstić information content (AvgIpc) is 2.35. The number of aryl methyl sites for hydroxylation is 1. The largest absolute Gasteiger partial charge is 0.324 e. The molecule has 0 bridgehead atoms. The molecule has 0 saturated heterocycles. The summed E-state index contributed by atoms with van der Waals surface area (Å²) in [7, 11) is 0. The third-order valence-corrected chi connectivity index (χ3v) is 2.91. The fourth-order valence-electron chi connectivity index (χ4n) is 1.63. The molecule has 1 atom stereocenters. The van der Waals surface area contributed by atoms with Gasteiger partial charge in [-0.1, -0.05) is 0 Å². The quantitative estimate of drug-likeness (QED) is 0.728. The van der Waals surface area contributed by atoms with E-state index in [1.807, 2.05) is 0 Å². The highest BCUT2D eigenvalue weighted by molar-refractivity contribution is 9.10. The lowest BCUT2D eigenvalue weighted by atomic mass is 10.1. The molecule has 1 aliphatic rings. The van der Waals surface area contributed by atoms with E-state index in [1.165, 1.54) is 0 Å². The Labute approximate surface area is 78.9 Å². The van der Waals surface area contributed by atoms with Crippen LogP contribution in [0.2, 0.25) is 0 Å². The number of fused-ring (bicyclic) bond motifs is 1. The molecule has 1 aromatic rings. The van der Waals surface area contributed by atoms with Crippen LogP contribution in [0, 0.1) is 5.82 Å². The monoisotopic (exact) mass is 229 g/mol. The van der Waals surface area contributed by atoms with E-state index in [0.29, 0.717) is 4.47 Å². The molecule has 64 valence electrons. The van der Waals surface area contributed by atoms with Crippen LogP contribution < -0.4 is 5.73 Å². The van der Waals surface area contributed by atoms with E-state index in [2.05, 4.69) is 15.9 Å². The van der Waals surface area contributed by atoms with Crippen LogP contribution in [0.4, 0.5) is 4.39 Å². The summed E-state index contributed by atoms with van der Waals surface area (Å²) in [5, 5.41) is 0. The van der Waals surface area contributed by atoms with Crippen molar-refractivity contribution in [3.8, 4) is 0 Å². The highest BCUT2D eigenvalue weighted by Crippen LogP contribution is 2.32. The molecule has 0 saturated carbocycles. The molecular weight excluding hydrogens is 221 g/mol. The molecular formula is C9H9BrFN. The Morgan fingerprint density at radius 1 is 1.50 bits per heavy atom. The molecule has 2 N–H and O–H groups in total. The lowest BCUT2D eigenvalue weighted by Crippen LogP contribution is -2.05. The van der Waals surface area contributed by atoms with Crippen molar-refractivity contribution in [2.24, 2.45) is 5.73 Å². The zero-order valence-electron chi connectivity index (χ0n) is 6.48. The van der Waals surface area contributed by atoms with Crippen LogP contribution in [-0.2, 0) is 6.42 Å². The number of halogens is 2. The van der Waals surface area contributed by atoms with Gasteiger partial charge < -0.3 is 5.73 Å². The van der Waals surface area contributed by atoms with Gasteiger partial charge in [-0.25, -0.2) is 4.39 Å². The second-order valence-corrected chi connectivity index (χ2v) is 3.96. The zero-order chi connectivity index (χ0) is 8.72. The molecule has 2 rings (SSSR count). The molecule has 0 radical (unpaired) electrons. The van der Waals surface area contributed by atoms with Crippen LogP contribution in [0.1, 0.15) is 23.6 Å². The Morgan fingerprint density at radius 3 is 3.00 bits per heavy atom. The van der Waals surface area contributed by atoms with Gasteiger partial charge in [-0.15, -0.1) is 0 Å². The molecule has 0 aromatic heterocycles. The molecule has 0 heterocycles. The molecule has 0 spiro atoms. The summed E-state index contributed by atoms with van der Waals surface area (Å²) < 4.78 is 13.5. The van der Waals surface area contributed by atoms with Crippen LogP contribution in [0.5, 0.6) is 0 Å². The van der Waals surface area contributed by atoms with E-state index < -0.39 is 0 Å². The van der Waals surface area contributed by atoms with Crippen LogP contribution in [-0.4, -0.2) is 0 Å². The number of benzene rings is 1. The van der Waals surface area contributed by atoms with Crippen molar-refractivity contribution in [3.05, 3.63) is 33.5 Å². The second kappa shape index (κ2) is 2.82. The van der Waals surface area contributed by atoms with Crippen molar-refractivity contribution in [2.75, 3.05) is 0 Å². The first-order valence-corrected chi connectivity index (χ1v) is 4.71. The van der Waals surface area contributed by atoms with Gasteiger partial charge in [-0.3, -0.25) is 0 Å². The SMILES string of the molecule is N[C@@H]1CCc2cc(F)c(Br)cc21. The first kappa shape index (κ1) is 8.20. The summed E-state index contributed by atoms with van der Waals surface area (Å²) in [6.07, 6.45) is 1.84. The van der Waals surface area contributed by atoms with E-state index in [1.54, 1.807) is 12.1 Å². The zero-order valence-corrected chi connectivity index (χ0v) is 8.07. The lowest BCUT2D eigenvalue weighted by Gasteiger charge is -2.05. The molecule has 0 amide bonds. The summed E-state index contributed by atoms with van der Waals surface area (Å²) in [6.45, 7) is 0. The molecule has 12 heavy (non-hydrogen) atoms. The number of rotatable bonds is 0. The van der Waals surface area contributed by atoms with Crippen LogP contribution >= 0.6 is 15.9 Å². The van der Waals surface area contributed by atoms with Gasteiger partial charge >= 0.3 is 0 Å². The maximum Gasteiger partial charge on any atom is 0.137 e. The summed E-state index contributed by atoms with van der Waals surface area (Å²) >= 11 is 3.15. The van der Waals surface area contributed by atoms with Crippen molar-refractivity contribution in [1.82, 2.24) is 0 Å². The molecule has 0 unspecified atom stereocenters. The Kier molecular flexibility index (Phi) is 1.93. The molecule has 0 fully saturated rings. The van der Waals surface area contributed by atoms with E-state index in [0.717, 1.165) is 24.0 Å². The molecule has 3 heteroatoms. The average molecular weight is 230 g/mol. The van der Waals surface area contributed by atoms with E-state index >= 15 is 0 Å². The second-order valence-electron chi connectivity index (χ2n) is 3.11. The fraction of sp³-hybridized carbons (Fsp3) is 0.333. The number of nitrogens with two attached hydrogens (primary N) is 1. The summed E-state index contributed by atoms with van der Waals surface area (Å²) in [5.74, 6) is -0.192. The predicted octanol–water partition coefficient (Wildman–Crippen LogP) is 2.53. The molecule has 1 aliphatic carbocycles. The van der Waals surface area contributed by atoms with E-state index in [9.17, 15) is 4.39 Å². The molecule has 1 aromatic carbocycles. The Bertz CT molecular complexity index is 325. The van der Waals surface area contributed by atoms with Gasteiger partial charge in [0.2, 0.25) is 0 Å². The van der Waals surface area contributed by atoms with Crippen molar-refractivity contribution in [2.45, 2.75) is 18.9 Å². The Morgan fingerprint density at radius 2 is 2.25 bits per heavy atom. The third kappa shape index (κ3) is 1.17. The maximum absolute atomic E-state index is 13.0. The maximum atomic E-state index is 13.0. The number of hydrogen-bond donors (Lipinski definition) is 1. The normalized spacial score (nSPS) is 21.1. The fourth-order valence-corrected chi connectivity index (χ4v) is 1.99. The van der Waals surface area contributed by atoms with Crippen LogP contribution in [0.25, 0.3) is 0 Å². The molecule has 1 nitrogen and oxygen atoms in total. The first-order chi connectivity index (χ1) is 5.68. The van der Waals surface area contributed by atoms with Gasteiger partial charge in [0.25, 0.3) is 0 Å². The Balaban J connectivity index is 2.56. The molecule has 0 aliphatic heterocycles. The lowest BCUT2D eigenvalue weighted by molar-refractivity contribution is 0.619. The van der Waals surface area contributed by atoms with Gasteiger partial charge in [-0.2, -0.15) is 0 Å². The minimum atomic E-state index is -0.192. The summed E-state index contributed by atoms with van der Waals surface area (Å²) in [5.41, 5.74) is 7.97. The first-order valence-electron chi connectivity index (χ1n) is 3.92. The van der Waals surface area contributed by atoms with Gasteiger partial charge in [0.05, 0.1) is 4.47 Å². The highest BCUT2D eigenvalue weighted by Gasteiger charge is 2.20. The van der Waals surface area contributed by atoms with Crippen LogP contribution in [0.3, 0.4) is 0 Å². The third-order valence-electron chi connectivity index (χ3n) is 2.31. The van der Waals surface area contributed by atoms with E-state index in [4.69, 9.17) is 5.73 Å². The van der Waals surface area contributed by atoms with Crippen molar-refractivity contribution < 1.29 is 4.39 Å². The van der Waals surface area contributed by atoms with Gasteiger partial charge in [-0.05, 0) is 52.0 Å². The summed E-state index contributed by atoms with van der Waals surface area (Å²) in [6, 6.07) is 3.46. The predicted molar refractivity (Wildman–Crippen MR) is 49.3 cm³/mol. The number of hydrogen-bond acceptors (Lipinski definition) is 1. The minimum absolute atomic E-state index is 0.0944. The topological polar surface area (TPSA) is 26.0 Å². The van der Waals surface area contributed by atoms with Crippen molar-refractivity contribution in [1.29, 1.82) is 0 Å². The Hall–Kier alpha value is -0.410. The smallest absolute Gasteiger partial charge is 0.137 e. The van der Waals surface area contributed by atoms with Crippen LogP contribution in [0.15, 0.2) is 16.6 Å². The van der Waals surface area contributed by atoms with Crippen molar-refractivity contribution in [3.63, 3.8) is 0 Å².